The molecule has 14 heavy (non-hydrogen) atoms. The molecule has 3 nitrogen and oxygen atoms in total. The van der Waals surface area contributed by atoms with Crippen LogP contribution in [0, 0.1) is 0 Å². The molecule has 3 heteroatoms. The van der Waals surface area contributed by atoms with E-state index in [1.807, 2.05) is 6.07 Å². The van der Waals surface area contributed by atoms with Crippen LogP contribution in [0.25, 0.3) is 0 Å². The summed E-state index contributed by atoms with van der Waals surface area (Å²) in [7, 11) is 2.09. The molecule has 0 spiro atoms. The van der Waals surface area contributed by atoms with Gasteiger partial charge < -0.3 is 10.6 Å². The maximum Gasteiger partial charge on any atom is 0.0772 e. The summed E-state index contributed by atoms with van der Waals surface area (Å²) in [5.41, 5.74) is 7.76. The maximum atomic E-state index is 5.63. The molecule has 0 aliphatic rings. The van der Waals surface area contributed by atoms with E-state index in [9.17, 15) is 0 Å². The molecule has 0 saturated heterocycles. The summed E-state index contributed by atoms with van der Waals surface area (Å²) in [6, 6.07) is 4.03. The van der Waals surface area contributed by atoms with Crippen molar-refractivity contribution in [3.8, 4) is 0 Å². The van der Waals surface area contributed by atoms with Crippen LogP contribution < -0.4 is 10.6 Å². The molecule has 78 valence electrons. The number of hydrogen-bond acceptors (Lipinski definition) is 3. The Labute approximate surface area is 85.9 Å². The molecule has 0 bridgehead atoms. The summed E-state index contributed by atoms with van der Waals surface area (Å²) in [5.74, 6) is 0. The van der Waals surface area contributed by atoms with E-state index in [2.05, 4.69) is 29.9 Å². The standard InChI is InChI=1S/C11H19N3/c1-3-4-8-14(2)11-6-5-7-13-10(11)9-12/h5-7H,3-4,8-9,12H2,1-2H3. The van der Waals surface area contributed by atoms with Gasteiger partial charge in [-0.2, -0.15) is 0 Å². The zero-order chi connectivity index (χ0) is 10.4. The van der Waals surface area contributed by atoms with Gasteiger partial charge >= 0.3 is 0 Å². The molecule has 0 aliphatic heterocycles. The lowest BCUT2D eigenvalue weighted by Gasteiger charge is -2.20. The van der Waals surface area contributed by atoms with Crippen LogP contribution in [0.15, 0.2) is 18.3 Å². The van der Waals surface area contributed by atoms with Gasteiger partial charge in [-0.05, 0) is 18.6 Å². The Bertz CT molecular complexity index is 273. The van der Waals surface area contributed by atoms with Crippen molar-refractivity contribution in [3.05, 3.63) is 24.0 Å². The average Bonchev–Trinajstić information content (AvgIpc) is 2.25. The van der Waals surface area contributed by atoms with Gasteiger partial charge in [-0.15, -0.1) is 0 Å². The second-order valence-electron chi connectivity index (χ2n) is 3.45. The SMILES string of the molecule is CCCCN(C)c1cccnc1CN. The minimum Gasteiger partial charge on any atom is -0.373 e. The molecule has 0 saturated carbocycles. The van der Waals surface area contributed by atoms with E-state index in [1.54, 1.807) is 6.20 Å². The first-order valence-electron chi connectivity index (χ1n) is 5.14. The smallest absolute Gasteiger partial charge is 0.0772 e. The molecule has 0 atom stereocenters. The first-order chi connectivity index (χ1) is 6.79. The largest absolute Gasteiger partial charge is 0.373 e. The van der Waals surface area contributed by atoms with Crippen LogP contribution in [0.5, 0.6) is 0 Å². The number of rotatable bonds is 5. The van der Waals surface area contributed by atoms with Gasteiger partial charge in [0.1, 0.15) is 0 Å². The summed E-state index contributed by atoms with van der Waals surface area (Å²) in [5, 5.41) is 0. The number of aromatic nitrogens is 1. The number of nitrogens with two attached hydrogens (primary N) is 1. The molecule has 1 rings (SSSR count). The summed E-state index contributed by atoms with van der Waals surface area (Å²) >= 11 is 0. The van der Waals surface area contributed by atoms with E-state index in [0.717, 1.165) is 17.9 Å². The van der Waals surface area contributed by atoms with Crippen molar-refractivity contribution in [2.45, 2.75) is 26.3 Å². The van der Waals surface area contributed by atoms with Crippen molar-refractivity contribution in [2.75, 3.05) is 18.5 Å². The molecule has 1 heterocycles. The van der Waals surface area contributed by atoms with Crippen molar-refractivity contribution < 1.29 is 0 Å². The lowest BCUT2D eigenvalue weighted by atomic mass is 10.2. The van der Waals surface area contributed by atoms with E-state index in [0.29, 0.717) is 6.54 Å². The third kappa shape index (κ3) is 2.70. The van der Waals surface area contributed by atoms with E-state index in [1.165, 1.54) is 12.8 Å². The van der Waals surface area contributed by atoms with E-state index in [4.69, 9.17) is 5.73 Å². The van der Waals surface area contributed by atoms with E-state index >= 15 is 0 Å². The van der Waals surface area contributed by atoms with Gasteiger partial charge in [0.25, 0.3) is 0 Å². The summed E-state index contributed by atoms with van der Waals surface area (Å²) in [6.45, 7) is 3.77. The minimum absolute atomic E-state index is 0.507. The third-order valence-corrected chi connectivity index (χ3v) is 2.32. The topological polar surface area (TPSA) is 42.2 Å². The quantitative estimate of drug-likeness (QED) is 0.775. The van der Waals surface area contributed by atoms with Crippen LogP contribution in [-0.4, -0.2) is 18.6 Å². The first-order valence-corrected chi connectivity index (χ1v) is 5.14. The molecule has 1 aromatic rings. The van der Waals surface area contributed by atoms with E-state index < -0.39 is 0 Å². The van der Waals surface area contributed by atoms with Gasteiger partial charge in [-0.1, -0.05) is 13.3 Å². The van der Waals surface area contributed by atoms with E-state index in [-0.39, 0.29) is 0 Å². The molecule has 2 N–H and O–H groups in total. The van der Waals surface area contributed by atoms with Crippen molar-refractivity contribution in [1.29, 1.82) is 0 Å². The Morgan fingerprint density at radius 3 is 2.93 bits per heavy atom. The lowest BCUT2D eigenvalue weighted by Crippen LogP contribution is -2.21. The predicted molar refractivity (Wildman–Crippen MR) is 60.3 cm³/mol. The van der Waals surface area contributed by atoms with Crippen molar-refractivity contribution >= 4 is 5.69 Å². The normalized spacial score (nSPS) is 10.2. The Kier molecular flexibility index (Phi) is 4.40. The van der Waals surface area contributed by atoms with Gasteiger partial charge in [-0.3, -0.25) is 4.98 Å². The molecule has 1 aromatic heterocycles. The zero-order valence-corrected chi connectivity index (χ0v) is 9.03. The van der Waals surface area contributed by atoms with Gasteiger partial charge in [0.2, 0.25) is 0 Å². The fraction of sp³-hybridized carbons (Fsp3) is 0.545. The fourth-order valence-electron chi connectivity index (χ4n) is 1.45. The molecule has 0 radical (unpaired) electrons. The number of hydrogen-bond donors (Lipinski definition) is 1. The number of unbranched alkanes of at least 4 members (excludes halogenated alkanes) is 1. The fourth-order valence-corrected chi connectivity index (χ4v) is 1.45. The summed E-state index contributed by atoms with van der Waals surface area (Å²) < 4.78 is 0. The summed E-state index contributed by atoms with van der Waals surface area (Å²) in [4.78, 5) is 6.48. The maximum absolute atomic E-state index is 5.63. The molecule has 0 aromatic carbocycles. The third-order valence-electron chi connectivity index (χ3n) is 2.32. The highest BCUT2D eigenvalue weighted by molar-refractivity contribution is 5.49. The molecular weight excluding hydrogens is 174 g/mol. The predicted octanol–water partition coefficient (Wildman–Crippen LogP) is 1.78. The van der Waals surface area contributed by atoms with Gasteiger partial charge in [0, 0.05) is 26.3 Å². The van der Waals surface area contributed by atoms with Gasteiger partial charge in [0.15, 0.2) is 0 Å². The highest BCUT2D eigenvalue weighted by Gasteiger charge is 2.05. The molecule has 0 fully saturated rings. The lowest BCUT2D eigenvalue weighted by molar-refractivity contribution is 0.760. The Balaban J connectivity index is 2.72. The Morgan fingerprint density at radius 1 is 1.50 bits per heavy atom. The van der Waals surface area contributed by atoms with Crippen LogP contribution in [0.4, 0.5) is 5.69 Å². The second-order valence-corrected chi connectivity index (χ2v) is 3.45. The molecule has 0 unspecified atom stereocenters. The van der Waals surface area contributed by atoms with Crippen LogP contribution in [0.1, 0.15) is 25.5 Å². The number of nitrogens with zero attached hydrogens (tertiary/aromatic N) is 2. The average molecular weight is 193 g/mol. The van der Waals surface area contributed by atoms with Crippen molar-refractivity contribution in [1.82, 2.24) is 4.98 Å². The Hall–Kier alpha value is -1.09. The second kappa shape index (κ2) is 5.60. The molecular formula is C11H19N3. The van der Waals surface area contributed by atoms with Crippen LogP contribution in [0.3, 0.4) is 0 Å². The van der Waals surface area contributed by atoms with Gasteiger partial charge in [0.05, 0.1) is 11.4 Å². The molecule has 0 aliphatic carbocycles. The van der Waals surface area contributed by atoms with Crippen molar-refractivity contribution in [3.63, 3.8) is 0 Å². The minimum atomic E-state index is 0.507. The van der Waals surface area contributed by atoms with Gasteiger partial charge in [-0.25, -0.2) is 0 Å². The zero-order valence-electron chi connectivity index (χ0n) is 9.03. The first kappa shape index (κ1) is 11.0. The molecule has 0 amide bonds. The van der Waals surface area contributed by atoms with Crippen molar-refractivity contribution in [2.24, 2.45) is 5.73 Å². The monoisotopic (exact) mass is 193 g/mol. The highest BCUT2D eigenvalue weighted by atomic mass is 15.1. The van der Waals surface area contributed by atoms with Crippen LogP contribution >= 0.6 is 0 Å². The van der Waals surface area contributed by atoms with Crippen LogP contribution in [0.2, 0.25) is 0 Å². The van der Waals surface area contributed by atoms with Crippen LogP contribution in [-0.2, 0) is 6.54 Å². The highest BCUT2D eigenvalue weighted by Crippen LogP contribution is 2.16. The Morgan fingerprint density at radius 2 is 2.29 bits per heavy atom. The number of anilines is 1. The number of pyridine rings is 1. The summed E-state index contributed by atoms with van der Waals surface area (Å²) in [6.07, 6.45) is 4.21.